The SMILES string of the molecule is CC(C)(CNC(=O)c1sccc1C1CC1)N1CCc2ccccc2C1. The maximum atomic E-state index is 12.7. The molecule has 1 N–H and O–H groups in total. The molecule has 0 saturated heterocycles. The number of carbonyl (C=O) groups is 1. The summed E-state index contributed by atoms with van der Waals surface area (Å²) >= 11 is 1.58. The molecule has 1 aliphatic heterocycles. The number of hydrogen-bond donors (Lipinski definition) is 1. The minimum atomic E-state index is -0.0554. The zero-order valence-electron chi connectivity index (χ0n) is 15.0. The molecule has 4 rings (SSSR count). The molecular weight excluding hydrogens is 328 g/mol. The number of benzene rings is 1. The van der Waals surface area contributed by atoms with E-state index in [1.54, 1.807) is 11.3 Å². The van der Waals surface area contributed by atoms with Gasteiger partial charge in [0.1, 0.15) is 0 Å². The second-order valence-electron chi connectivity index (χ2n) is 7.91. The molecule has 0 bridgehead atoms. The molecule has 3 nitrogen and oxygen atoms in total. The maximum absolute atomic E-state index is 12.7. The first-order chi connectivity index (χ1) is 12.0. The van der Waals surface area contributed by atoms with Crippen LogP contribution in [0.5, 0.6) is 0 Å². The molecule has 2 heterocycles. The Kier molecular flexibility index (Phi) is 4.42. The number of nitrogens with zero attached hydrogens (tertiary/aromatic N) is 1. The molecule has 1 amide bonds. The molecule has 2 aliphatic rings. The van der Waals surface area contributed by atoms with Crippen LogP contribution in [0.15, 0.2) is 35.7 Å². The van der Waals surface area contributed by atoms with E-state index in [0.29, 0.717) is 12.5 Å². The standard InChI is InChI=1S/C21H26N2OS/c1-21(2,23-11-9-15-5-3-4-6-17(15)13-23)14-22-20(24)19-18(10-12-25-19)16-7-8-16/h3-6,10,12,16H,7-9,11,13-14H2,1-2H3,(H,22,24). The van der Waals surface area contributed by atoms with Gasteiger partial charge in [-0.25, -0.2) is 0 Å². The molecule has 1 saturated carbocycles. The molecule has 1 aromatic carbocycles. The third-order valence-corrected chi connectivity index (χ3v) is 6.52. The second-order valence-corrected chi connectivity index (χ2v) is 8.83. The Balaban J connectivity index is 1.40. The van der Waals surface area contributed by atoms with Crippen LogP contribution in [0.4, 0.5) is 0 Å². The largest absolute Gasteiger partial charge is 0.349 e. The highest BCUT2D eigenvalue weighted by Gasteiger charge is 2.32. The van der Waals surface area contributed by atoms with Crippen molar-refractivity contribution in [3.05, 3.63) is 57.3 Å². The van der Waals surface area contributed by atoms with Crippen LogP contribution in [-0.4, -0.2) is 29.4 Å². The lowest BCUT2D eigenvalue weighted by molar-refractivity contribution is 0.0828. The van der Waals surface area contributed by atoms with E-state index in [-0.39, 0.29) is 11.4 Å². The molecule has 1 fully saturated rings. The van der Waals surface area contributed by atoms with Crippen molar-refractivity contribution >= 4 is 17.2 Å². The zero-order valence-corrected chi connectivity index (χ0v) is 15.9. The van der Waals surface area contributed by atoms with E-state index in [2.05, 4.69) is 59.8 Å². The lowest BCUT2D eigenvalue weighted by Gasteiger charge is -2.41. The molecule has 0 unspecified atom stereocenters. The number of amides is 1. The Labute approximate surface area is 154 Å². The molecule has 0 spiro atoms. The Morgan fingerprint density at radius 1 is 1.24 bits per heavy atom. The molecular formula is C21H26N2OS. The van der Waals surface area contributed by atoms with Gasteiger partial charge >= 0.3 is 0 Å². The van der Waals surface area contributed by atoms with Crippen LogP contribution in [0, 0.1) is 0 Å². The van der Waals surface area contributed by atoms with Gasteiger partial charge in [-0.2, -0.15) is 0 Å². The monoisotopic (exact) mass is 354 g/mol. The van der Waals surface area contributed by atoms with Crippen LogP contribution < -0.4 is 5.32 Å². The van der Waals surface area contributed by atoms with Gasteiger partial charge in [0, 0.05) is 25.2 Å². The summed E-state index contributed by atoms with van der Waals surface area (Å²) in [6.07, 6.45) is 3.55. The van der Waals surface area contributed by atoms with Gasteiger partial charge < -0.3 is 5.32 Å². The summed E-state index contributed by atoms with van der Waals surface area (Å²) in [7, 11) is 0. The number of hydrogen-bond acceptors (Lipinski definition) is 3. The van der Waals surface area contributed by atoms with E-state index >= 15 is 0 Å². The van der Waals surface area contributed by atoms with E-state index in [1.807, 2.05) is 0 Å². The van der Waals surface area contributed by atoms with Gasteiger partial charge in [0.05, 0.1) is 4.88 Å². The molecule has 1 aliphatic carbocycles. The number of rotatable bonds is 5. The third-order valence-electron chi connectivity index (χ3n) is 5.59. The summed E-state index contributed by atoms with van der Waals surface area (Å²) in [5, 5.41) is 5.25. The van der Waals surface area contributed by atoms with E-state index in [1.165, 1.54) is 29.5 Å². The van der Waals surface area contributed by atoms with Crippen molar-refractivity contribution in [2.75, 3.05) is 13.1 Å². The fourth-order valence-electron chi connectivity index (χ4n) is 3.72. The number of thiophene rings is 1. The highest BCUT2D eigenvalue weighted by molar-refractivity contribution is 7.12. The maximum Gasteiger partial charge on any atom is 0.261 e. The van der Waals surface area contributed by atoms with Crippen molar-refractivity contribution in [1.82, 2.24) is 10.2 Å². The quantitative estimate of drug-likeness (QED) is 0.873. The zero-order chi connectivity index (χ0) is 17.4. The van der Waals surface area contributed by atoms with Crippen LogP contribution in [-0.2, 0) is 13.0 Å². The van der Waals surface area contributed by atoms with Crippen LogP contribution in [0.1, 0.15) is 59.0 Å². The fraction of sp³-hybridized carbons (Fsp3) is 0.476. The number of carbonyl (C=O) groups excluding carboxylic acids is 1. The summed E-state index contributed by atoms with van der Waals surface area (Å²) in [6.45, 7) is 7.16. The summed E-state index contributed by atoms with van der Waals surface area (Å²) in [6, 6.07) is 10.8. The minimum absolute atomic E-state index is 0.0554. The topological polar surface area (TPSA) is 32.3 Å². The van der Waals surface area contributed by atoms with Crippen LogP contribution in [0.3, 0.4) is 0 Å². The van der Waals surface area contributed by atoms with Crippen LogP contribution >= 0.6 is 11.3 Å². The predicted octanol–water partition coefficient (Wildman–Crippen LogP) is 4.19. The first-order valence-corrected chi connectivity index (χ1v) is 10.1. The number of nitrogens with one attached hydrogen (secondary N) is 1. The second kappa shape index (κ2) is 6.58. The molecule has 0 radical (unpaired) electrons. The van der Waals surface area contributed by atoms with E-state index in [0.717, 1.165) is 24.4 Å². The third kappa shape index (κ3) is 3.51. The minimum Gasteiger partial charge on any atom is -0.349 e. The van der Waals surface area contributed by atoms with Crippen LogP contribution in [0.25, 0.3) is 0 Å². The Morgan fingerprint density at radius 3 is 2.76 bits per heavy atom. The average molecular weight is 355 g/mol. The first kappa shape index (κ1) is 16.8. The highest BCUT2D eigenvalue weighted by atomic mass is 32.1. The normalized spacial score (nSPS) is 18.0. The van der Waals surface area contributed by atoms with Crippen molar-refractivity contribution in [3.63, 3.8) is 0 Å². The summed E-state index contributed by atoms with van der Waals surface area (Å²) in [5.74, 6) is 0.723. The Bertz CT molecular complexity index is 776. The summed E-state index contributed by atoms with van der Waals surface area (Å²) < 4.78 is 0. The molecule has 2 aromatic rings. The predicted molar refractivity (Wildman–Crippen MR) is 103 cm³/mol. The highest BCUT2D eigenvalue weighted by Crippen LogP contribution is 2.43. The molecule has 4 heteroatoms. The Morgan fingerprint density at radius 2 is 2.00 bits per heavy atom. The Hall–Kier alpha value is -1.65. The van der Waals surface area contributed by atoms with Gasteiger partial charge in [-0.15, -0.1) is 11.3 Å². The van der Waals surface area contributed by atoms with E-state index in [4.69, 9.17) is 0 Å². The van der Waals surface area contributed by atoms with Gasteiger partial charge in [0.25, 0.3) is 5.91 Å². The average Bonchev–Trinajstić information content (AvgIpc) is 3.36. The molecule has 25 heavy (non-hydrogen) atoms. The van der Waals surface area contributed by atoms with Gasteiger partial charge in [0.2, 0.25) is 0 Å². The molecule has 0 atom stereocenters. The summed E-state index contributed by atoms with van der Waals surface area (Å²) in [4.78, 5) is 16.1. The van der Waals surface area contributed by atoms with E-state index in [9.17, 15) is 4.79 Å². The lowest BCUT2D eigenvalue weighted by Crippen LogP contribution is -2.53. The van der Waals surface area contributed by atoms with Crippen molar-refractivity contribution in [3.8, 4) is 0 Å². The van der Waals surface area contributed by atoms with Crippen molar-refractivity contribution in [2.24, 2.45) is 0 Å². The summed E-state index contributed by atoms with van der Waals surface area (Å²) in [5.41, 5.74) is 4.08. The molecule has 132 valence electrons. The fourth-order valence-corrected chi connectivity index (χ4v) is 4.62. The lowest BCUT2D eigenvalue weighted by atomic mass is 9.94. The van der Waals surface area contributed by atoms with Gasteiger partial charge in [-0.05, 0) is 67.2 Å². The van der Waals surface area contributed by atoms with Gasteiger partial charge in [-0.1, -0.05) is 24.3 Å². The number of fused-ring (bicyclic) bond motifs is 1. The van der Waals surface area contributed by atoms with Crippen LogP contribution in [0.2, 0.25) is 0 Å². The van der Waals surface area contributed by atoms with Gasteiger partial charge in [0.15, 0.2) is 0 Å². The molecule has 1 aromatic heterocycles. The van der Waals surface area contributed by atoms with E-state index < -0.39 is 0 Å². The smallest absolute Gasteiger partial charge is 0.261 e. The first-order valence-electron chi connectivity index (χ1n) is 9.22. The van der Waals surface area contributed by atoms with Gasteiger partial charge in [-0.3, -0.25) is 9.69 Å². The van der Waals surface area contributed by atoms with Crippen molar-refractivity contribution < 1.29 is 4.79 Å². The van der Waals surface area contributed by atoms with Crippen molar-refractivity contribution in [2.45, 2.75) is 51.1 Å². The van der Waals surface area contributed by atoms with Crippen molar-refractivity contribution in [1.29, 1.82) is 0 Å².